The molecule has 0 saturated carbocycles. The second-order valence-electron chi connectivity index (χ2n) is 7.59. The molecule has 0 bridgehead atoms. The van der Waals surface area contributed by atoms with Gasteiger partial charge in [-0.1, -0.05) is 36.4 Å². The fourth-order valence-electron chi connectivity index (χ4n) is 2.61. The molecule has 0 aromatic heterocycles. The SMILES string of the molecule is C=C(NC)/C(=C\C(=C(/CCl)C(OC(C)(C)C)C(=O)OC)c1ccc(C)cc1)[N+](=O)[O-]. The molecule has 1 atom stereocenters. The van der Waals surface area contributed by atoms with E-state index in [0.717, 1.165) is 5.56 Å². The molecule has 1 N–H and O–H groups in total. The van der Waals surface area contributed by atoms with Crippen molar-refractivity contribution in [2.75, 3.05) is 20.0 Å². The number of hydrogen-bond donors (Lipinski definition) is 1. The smallest absolute Gasteiger partial charge is 0.339 e. The minimum Gasteiger partial charge on any atom is -0.467 e. The number of allylic oxidation sites excluding steroid dienone is 2. The molecule has 7 nitrogen and oxygen atoms in total. The molecule has 1 aromatic carbocycles. The van der Waals surface area contributed by atoms with Crippen LogP contribution < -0.4 is 5.32 Å². The van der Waals surface area contributed by atoms with Crippen LogP contribution >= 0.6 is 11.6 Å². The van der Waals surface area contributed by atoms with E-state index in [1.807, 2.05) is 19.1 Å². The molecule has 1 aromatic rings. The van der Waals surface area contributed by atoms with Gasteiger partial charge in [0.05, 0.1) is 17.6 Å². The monoisotopic (exact) mass is 436 g/mol. The lowest BCUT2D eigenvalue weighted by Gasteiger charge is -2.28. The Kier molecular flexibility index (Phi) is 9.26. The first kappa shape index (κ1) is 25.4. The number of nitrogens with one attached hydrogen (secondary N) is 1. The Morgan fingerprint density at radius 2 is 1.90 bits per heavy atom. The summed E-state index contributed by atoms with van der Waals surface area (Å²) < 4.78 is 10.9. The number of aryl methyl sites for hydroxylation is 1. The molecule has 0 aliphatic rings. The van der Waals surface area contributed by atoms with Crippen LogP contribution in [0.4, 0.5) is 0 Å². The van der Waals surface area contributed by atoms with E-state index in [1.54, 1.807) is 32.9 Å². The summed E-state index contributed by atoms with van der Waals surface area (Å²) in [5.74, 6) is -0.749. The third kappa shape index (κ3) is 7.00. The van der Waals surface area contributed by atoms with Crippen LogP contribution in [0.15, 0.2) is 53.9 Å². The molecule has 164 valence electrons. The summed E-state index contributed by atoms with van der Waals surface area (Å²) in [4.78, 5) is 23.7. The Morgan fingerprint density at radius 1 is 1.33 bits per heavy atom. The number of alkyl halides is 1. The van der Waals surface area contributed by atoms with Gasteiger partial charge in [0.25, 0.3) is 5.70 Å². The summed E-state index contributed by atoms with van der Waals surface area (Å²) in [6.45, 7) is 11.0. The Morgan fingerprint density at radius 3 is 2.30 bits per heavy atom. The van der Waals surface area contributed by atoms with E-state index in [-0.39, 0.29) is 17.3 Å². The lowest BCUT2D eigenvalue weighted by Crippen LogP contribution is -2.36. The summed E-state index contributed by atoms with van der Waals surface area (Å²) in [5, 5.41) is 14.4. The first-order chi connectivity index (χ1) is 13.9. The third-order valence-corrected chi connectivity index (χ3v) is 4.43. The molecule has 0 aliphatic carbocycles. The average molecular weight is 437 g/mol. The molecule has 0 radical (unpaired) electrons. The summed E-state index contributed by atoms with van der Waals surface area (Å²) in [5.41, 5.74) is 1.57. The van der Waals surface area contributed by atoms with Gasteiger partial charge in [0, 0.05) is 19.0 Å². The van der Waals surface area contributed by atoms with Crippen molar-refractivity contribution in [3.8, 4) is 0 Å². The fourth-order valence-corrected chi connectivity index (χ4v) is 2.90. The molecule has 8 heteroatoms. The minimum absolute atomic E-state index is 0.105. The minimum atomic E-state index is -1.14. The third-order valence-electron chi connectivity index (χ3n) is 4.14. The van der Waals surface area contributed by atoms with Crippen molar-refractivity contribution < 1.29 is 19.2 Å². The summed E-state index contributed by atoms with van der Waals surface area (Å²) in [6.07, 6.45) is 0.208. The van der Waals surface area contributed by atoms with Crippen molar-refractivity contribution in [2.24, 2.45) is 0 Å². The maximum absolute atomic E-state index is 12.6. The number of methoxy groups -OCH3 is 1. The predicted molar refractivity (Wildman–Crippen MR) is 119 cm³/mol. The molecule has 0 saturated heterocycles. The second-order valence-corrected chi connectivity index (χ2v) is 7.85. The van der Waals surface area contributed by atoms with Gasteiger partial charge in [-0.05, 0) is 44.4 Å². The first-order valence-electron chi connectivity index (χ1n) is 9.30. The van der Waals surface area contributed by atoms with Crippen LogP contribution in [-0.2, 0) is 14.3 Å². The molecule has 1 rings (SSSR count). The number of ether oxygens (including phenoxy) is 2. The van der Waals surface area contributed by atoms with E-state index < -0.39 is 22.6 Å². The number of benzene rings is 1. The standard InChI is InChI=1S/C22H29ClN2O5/c1-14-8-10-16(11-9-14)17(12-19(25(27)28)15(2)24-6)18(13-23)20(21(26)29-7)30-22(3,4)5/h8-12,20,24H,2,13H2,1,3-7H3/b18-17-,19-12+. The molecule has 0 spiro atoms. The van der Waals surface area contributed by atoms with E-state index >= 15 is 0 Å². The number of halogens is 1. The quantitative estimate of drug-likeness (QED) is 0.205. The van der Waals surface area contributed by atoms with Crippen LogP contribution in [0.3, 0.4) is 0 Å². The van der Waals surface area contributed by atoms with Crippen LogP contribution in [0.25, 0.3) is 5.57 Å². The highest BCUT2D eigenvalue weighted by Crippen LogP contribution is 2.30. The zero-order valence-corrected chi connectivity index (χ0v) is 19.0. The van der Waals surface area contributed by atoms with Crippen LogP contribution in [0.5, 0.6) is 0 Å². The van der Waals surface area contributed by atoms with Crippen LogP contribution in [0.1, 0.15) is 31.9 Å². The van der Waals surface area contributed by atoms with E-state index in [9.17, 15) is 14.9 Å². The van der Waals surface area contributed by atoms with Crippen molar-refractivity contribution in [3.63, 3.8) is 0 Å². The average Bonchev–Trinajstić information content (AvgIpc) is 2.68. The fraction of sp³-hybridized carbons (Fsp3) is 0.409. The van der Waals surface area contributed by atoms with Gasteiger partial charge in [-0.2, -0.15) is 0 Å². The predicted octanol–water partition coefficient (Wildman–Crippen LogP) is 4.24. The number of carbonyl (C=O) groups excluding carboxylic acids is 1. The number of nitrogens with zero attached hydrogens (tertiary/aromatic N) is 1. The Labute approximate surface area is 182 Å². The molecule has 0 amide bonds. The highest BCUT2D eigenvalue weighted by Gasteiger charge is 2.32. The van der Waals surface area contributed by atoms with Gasteiger partial charge in [0.15, 0.2) is 6.10 Å². The Bertz CT molecular complexity index is 851. The number of rotatable bonds is 9. The zero-order valence-electron chi connectivity index (χ0n) is 18.2. The Hall–Kier alpha value is -2.64. The number of hydrogen-bond acceptors (Lipinski definition) is 6. The lowest BCUT2D eigenvalue weighted by atomic mass is 9.94. The van der Waals surface area contributed by atoms with Gasteiger partial charge in [-0.15, -0.1) is 11.6 Å². The largest absolute Gasteiger partial charge is 0.467 e. The van der Waals surface area contributed by atoms with Gasteiger partial charge < -0.3 is 14.8 Å². The molecule has 0 fully saturated rings. The molecular formula is C22H29ClN2O5. The van der Waals surface area contributed by atoms with Crippen molar-refractivity contribution in [2.45, 2.75) is 39.4 Å². The maximum Gasteiger partial charge on any atom is 0.339 e. The highest BCUT2D eigenvalue weighted by molar-refractivity contribution is 6.20. The summed E-state index contributed by atoms with van der Waals surface area (Å²) in [7, 11) is 2.79. The van der Waals surface area contributed by atoms with Crippen LogP contribution in [-0.4, -0.2) is 42.6 Å². The highest BCUT2D eigenvalue weighted by atomic mass is 35.5. The molecule has 30 heavy (non-hydrogen) atoms. The lowest BCUT2D eigenvalue weighted by molar-refractivity contribution is -0.421. The van der Waals surface area contributed by atoms with Crippen molar-refractivity contribution in [1.82, 2.24) is 5.32 Å². The molecule has 1 unspecified atom stereocenters. The zero-order chi connectivity index (χ0) is 23.1. The van der Waals surface area contributed by atoms with E-state index in [1.165, 1.54) is 20.2 Å². The second kappa shape index (κ2) is 10.9. The van der Waals surface area contributed by atoms with Gasteiger partial charge in [0.2, 0.25) is 0 Å². The van der Waals surface area contributed by atoms with Gasteiger partial charge in [-0.3, -0.25) is 10.1 Å². The number of carbonyl (C=O) groups is 1. The summed E-state index contributed by atoms with van der Waals surface area (Å²) >= 11 is 6.26. The molecule has 0 heterocycles. The Balaban J connectivity index is 3.90. The van der Waals surface area contributed by atoms with E-state index in [2.05, 4.69) is 11.9 Å². The van der Waals surface area contributed by atoms with Crippen molar-refractivity contribution in [1.29, 1.82) is 0 Å². The topological polar surface area (TPSA) is 90.7 Å². The number of esters is 1. The number of likely N-dealkylation sites (N-methyl/N-ethyl adjacent to an activating group) is 1. The van der Waals surface area contributed by atoms with Gasteiger partial charge in [0.1, 0.15) is 5.70 Å². The van der Waals surface area contributed by atoms with Crippen LogP contribution in [0.2, 0.25) is 0 Å². The molecular weight excluding hydrogens is 408 g/mol. The van der Waals surface area contributed by atoms with Gasteiger partial charge in [-0.25, -0.2) is 4.79 Å². The normalized spacial score (nSPS) is 13.9. The summed E-state index contributed by atoms with van der Waals surface area (Å²) in [6, 6.07) is 7.34. The number of nitro groups is 1. The molecule has 0 aliphatic heterocycles. The van der Waals surface area contributed by atoms with Gasteiger partial charge >= 0.3 is 5.97 Å². The van der Waals surface area contributed by atoms with Crippen LogP contribution in [0, 0.1) is 17.0 Å². The van der Waals surface area contributed by atoms with Crippen molar-refractivity contribution in [3.05, 3.63) is 75.1 Å². The first-order valence-corrected chi connectivity index (χ1v) is 9.83. The van der Waals surface area contributed by atoms with E-state index in [4.69, 9.17) is 21.1 Å². The maximum atomic E-state index is 12.6. The van der Waals surface area contributed by atoms with E-state index in [0.29, 0.717) is 16.7 Å². The van der Waals surface area contributed by atoms with Crippen molar-refractivity contribution >= 4 is 23.1 Å².